The quantitative estimate of drug-likeness (QED) is 0.619. The molecular weight excluding hydrogens is 273 g/mol. The molecule has 1 fully saturated rings. The molecule has 1 aliphatic rings. The van der Waals surface area contributed by atoms with E-state index in [1.165, 1.54) is 0 Å². The van der Waals surface area contributed by atoms with Gasteiger partial charge in [0.05, 0.1) is 19.9 Å². The Balaban J connectivity index is 2.31. The Morgan fingerprint density at radius 1 is 1.55 bits per heavy atom. The molecule has 0 amide bonds. The van der Waals surface area contributed by atoms with Crippen LogP contribution < -0.4 is 10.5 Å². The van der Waals surface area contributed by atoms with E-state index < -0.39 is 12.6 Å². The van der Waals surface area contributed by atoms with Crippen molar-refractivity contribution in [2.45, 2.75) is 24.8 Å². The Labute approximate surface area is 120 Å². The molecule has 0 radical (unpaired) electrons. The predicted octanol–water partition coefficient (Wildman–Crippen LogP) is 3.37. The first-order valence-electron chi connectivity index (χ1n) is 6.77. The largest absolute Gasteiger partial charge is 0.496 e. The number of para-hydroxylation sites is 1. The van der Waals surface area contributed by atoms with Crippen LogP contribution in [0.15, 0.2) is 36.9 Å². The molecule has 1 aromatic rings. The Morgan fingerprint density at radius 3 is 2.80 bits per heavy atom. The minimum absolute atomic E-state index is 0.0644. The molecule has 2 rings (SSSR count). The summed E-state index contributed by atoms with van der Waals surface area (Å²) in [5.74, 6) is 0.779. The van der Waals surface area contributed by atoms with Crippen molar-refractivity contribution in [2.75, 3.05) is 13.7 Å². The first-order chi connectivity index (χ1) is 9.50. The predicted molar refractivity (Wildman–Crippen MR) is 81.2 cm³/mol. The van der Waals surface area contributed by atoms with Crippen LogP contribution in [0.3, 0.4) is 0 Å². The second kappa shape index (κ2) is 5.72. The lowest BCUT2D eigenvalue weighted by atomic mass is 10.2. The van der Waals surface area contributed by atoms with Crippen molar-refractivity contribution in [1.82, 2.24) is 0 Å². The van der Waals surface area contributed by atoms with E-state index in [-0.39, 0.29) is 5.92 Å². The minimum atomic E-state index is -3.00. The molecule has 3 atom stereocenters. The first-order valence-corrected chi connectivity index (χ1v) is 8.58. The second-order valence-corrected chi connectivity index (χ2v) is 7.85. The molecule has 110 valence electrons. The van der Waals surface area contributed by atoms with Gasteiger partial charge >= 0.3 is 0 Å². The van der Waals surface area contributed by atoms with Crippen molar-refractivity contribution in [1.29, 1.82) is 0 Å². The van der Waals surface area contributed by atoms with Gasteiger partial charge in [-0.2, -0.15) is 0 Å². The van der Waals surface area contributed by atoms with Crippen LogP contribution in [0.5, 0.6) is 5.75 Å². The lowest BCUT2D eigenvalue weighted by Crippen LogP contribution is -2.27. The summed E-state index contributed by atoms with van der Waals surface area (Å²) in [5, 5.41) is -0.772. The third-order valence-corrected chi connectivity index (χ3v) is 7.07. The summed E-state index contributed by atoms with van der Waals surface area (Å²) in [6.45, 7) is 5.97. The number of rotatable bonds is 7. The molecule has 20 heavy (non-hydrogen) atoms. The summed E-state index contributed by atoms with van der Waals surface area (Å²) >= 11 is 0. The molecule has 0 saturated heterocycles. The molecule has 0 heterocycles. The van der Waals surface area contributed by atoms with Gasteiger partial charge in [-0.15, -0.1) is 6.58 Å². The highest BCUT2D eigenvalue weighted by Gasteiger charge is 2.62. The molecule has 3 unspecified atom stereocenters. The fourth-order valence-electron chi connectivity index (χ4n) is 2.55. The molecule has 1 aliphatic carbocycles. The standard InChI is InChI=1S/C15H22NO3P/c1-4-13-10-15(13,16)20(17,19-5-2)11-12-8-6-7-9-14(12)18-3/h4,6-9,13H,1,5,10-11,16H2,2-3H3. The number of hydrogen-bond acceptors (Lipinski definition) is 4. The number of nitrogens with two attached hydrogens (primary N) is 1. The van der Waals surface area contributed by atoms with Gasteiger partial charge in [-0.1, -0.05) is 24.3 Å². The molecule has 1 aromatic carbocycles. The van der Waals surface area contributed by atoms with Crippen LogP contribution in [0.25, 0.3) is 0 Å². The van der Waals surface area contributed by atoms with Crippen molar-refractivity contribution in [3.63, 3.8) is 0 Å². The van der Waals surface area contributed by atoms with E-state index in [1.807, 2.05) is 31.2 Å². The molecule has 4 nitrogen and oxygen atoms in total. The molecule has 1 saturated carbocycles. The summed E-state index contributed by atoms with van der Waals surface area (Å²) in [5.41, 5.74) is 7.17. The third-order valence-electron chi connectivity index (χ3n) is 3.86. The maximum atomic E-state index is 13.3. The van der Waals surface area contributed by atoms with Crippen LogP contribution >= 0.6 is 7.37 Å². The van der Waals surface area contributed by atoms with Crippen molar-refractivity contribution < 1.29 is 13.8 Å². The topological polar surface area (TPSA) is 61.6 Å². The fraction of sp³-hybridized carbons (Fsp3) is 0.467. The van der Waals surface area contributed by atoms with E-state index >= 15 is 0 Å². The SMILES string of the molecule is C=CC1CC1(N)P(=O)(Cc1ccccc1OC)OCC. The van der Waals surface area contributed by atoms with E-state index in [1.54, 1.807) is 13.2 Å². The Morgan fingerprint density at radius 2 is 2.25 bits per heavy atom. The van der Waals surface area contributed by atoms with Gasteiger partial charge in [0.15, 0.2) is 0 Å². The van der Waals surface area contributed by atoms with E-state index in [0.29, 0.717) is 24.9 Å². The van der Waals surface area contributed by atoms with Crippen molar-refractivity contribution >= 4 is 7.37 Å². The normalized spacial score (nSPS) is 27.6. The third kappa shape index (κ3) is 2.56. The molecule has 0 aromatic heterocycles. The van der Waals surface area contributed by atoms with Gasteiger partial charge in [-0.25, -0.2) is 0 Å². The van der Waals surface area contributed by atoms with Crippen molar-refractivity contribution in [2.24, 2.45) is 11.7 Å². The summed E-state index contributed by atoms with van der Waals surface area (Å²) in [7, 11) is -1.40. The zero-order valence-corrected chi connectivity index (χ0v) is 12.9. The summed E-state index contributed by atoms with van der Waals surface area (Å²) in [4.78, 5) is 0. The van der Waals surface area contributed by atoms with E-state index in [9.17, 15) is 4.57 Å². The van der Waals surface area contributed by atoms with Crippen LogP contribution in [-0.4, -0.2) is 19.0 Å². The average Bonchev–Trinajstić information content (AvgIpc) is 3.13. The van der Waals surface area contributed by atoms with Crippen LogP contribution in [0, 0.1) is 5.92 Å². The molecule has 2 N–H and O–H groups in total. The summed E-state index contributed by atoms with van der Waals surface area (Å²) in [6, 6.07) is 7.54. The van der Waals surface area contributed by atoms with Gasteiger partial charge < -0.3 is 15.0 Å². The monoisotopic (exact) mass is 295 g/mol. The zero-order valence-electron chi connectivity index (χ0n) is 12.0. The molecule has 5 heteroatoms. The molecular formula is C15H22NO3P. The van der Waals surface area contributed by atoms with Gasteiger partial charge in [0, 0.05) is 11.5 Å². The lowest BCUT2D eigenvalue weighted by Gasteiger charge is -2.25. The maximum absolute atomic E-state index is 13.3. The van der Waals surface area contributed by atoms with Gasteiger partial charge in [-0.3, -0.25) is 4.57 Å². The van der Waals surface area contributed by atoms with Crippen LogP contribution in [-0.2, 0) is 15.3 Å². The summed E-state index contributed by atoms with van der Waals surface area (Å²) < 4.78 is 24.2. The van der Waals surface area contributed by atoms with Crippen LogP contribution in [0.4, 0.5) is 0 Å². The zero-order chi connectivity index (χ0) is 14.8. The summed E-state index contributed by atoms with van der Waals surface area (Å²) in [6.07, 6.45) is 2.74. The van der Waals surface area contributed by atoms with Crippen LogP contribution in [0.1, 0.15) is 18.9 Å². The Bertz CT molecular complexity index is 546. The highest BCUT2D eigenvalue weighted by atomic mass is 31.2. The van der Waals surface area contributed by atoms with Gasteiger partial charge in [-0.05, 0) is 19.4 Å². The number of ether oxygens (including phenoxy) is 1. The number of hydrogen-bond donors (Lipinski definition) is 1. The van der Waals surface area contributed by atoms with E-state index in [2.05, 4.69) is 6.58 Å². The Kier molecular flexibility index (Phi) is 4.38. The van der Waals surface area contributed by atoms with Crippen molar-refractivity contribution in [3.8, 4) is 5.75 Å². The highest BCUT2D eigenvalue weighted by Crippen LogP contribution is 2.72. The second-order valence-electron chi connectivity index (χ2n) is 5.10. The van der Waals surface area contributed by atoms with Crippen molar-refractivity contribution in [3.05, 3.63) is 42.5 Å². The maximum Gasteiger partial charge on any atom is 0.227 e. The molecule has 0 aliphatic heterocycles. The Hall–Kier alpha value is -1.09. The first kappa shape index (κ1) is 15.3. The van der Waals surface area contributed by atoms with E-state index in [4.69, 9.17) is 15.0 Å². The molecule has 0 spiro atoms. The average molecular weight is 295 g/mol. The van der Waals surface area contributed by atoms with Gasteiger partial charge in [0.1, 0.15) is 11.0 Å². The van der Waals surface area contributed by atoms with Gasteiger partial charge in [0.25, 0.3) is 0 Å². The van der Waals surface area contributed by atoms with Gasteiger partial charge in [0.2, 0.25) is 7.37 Å². The molecule has 0 bridgehead atoms. The fourth-order valence-corrected chi connectivity index (χ4v) is 5.39. The lowest BCUT2D eigenvalue weighted by molar-refractivity contribution is 0.320. The van der Waals surface area contributed by atoms with Crippen LogP contribution in [0.2, 0.25) is 0 Å². The smallest absolute Gasteiger partial charge is 0.227 e. The van der Waals surface area contributed by atoms with E-state index in [0.717, 1.165) is 5.56 Å². The number of benzene rings is 1. The highest BCUT2D eigenvalue weighted by molar-refractivity contribution is 7.60. The number of methoxy groups -OCH3 is 1. The minimum Gasteiger partial charge on any atom is -0.496 e.